The van der Waals surface area contributed by atoms with Gasteiger partial charge in [0.1, 0.15) is 0 Å². The fourth-order valence-corrected chi connectivity index (χ4v) is 2.64. The van der Waals surface area contributed by atoms with Gasteiger partial charge in [-0.15, -0.1) is 0 Å². The number of nitrogens with one attached hydrogen (secondary N) is 1. The largest absolute Gasteiger partial charge is 0.326 e. The molecule has 0 atom stereocenters. The van der Waals surface area contributed by atoms with E-state index in [1.807, 2.05) is 55.5 Å². The molecule has 2 aromatic rings. The number of rotatable bonds is 4. The summed E-state index contributed by atoms with van der Waals surface area (Å²) in [5, 5.41) is 2.85. The van der Waals surface area contributed by atoms with Crippen molar-refractivity contribution in [2.75, 3.05) is 10.2 Å². The zero-order valence-corrected chi connectivity index (χ0v) is 12.5. The lowest BCUT2D eigenvalue weighted by Gasteiger charge is -2.16. The molecule has 1 heterocycles. The van der Waals surface area contributed by atoms with Gasteiger partial charge in [-0.2, -0.15) is 0 Å². The molecule has 4 nitrogen and oxygen atoms in total. The van der Waals surface area contributed by atoms with Gasteiger partial charge in [-0.05, 0) is 42.3 Å². The molecule has 0 bridgehead atoms. The number of anilines is 2. The van der Waals surface area contributed by atoms with Crippen molar-refractivity contribution in [1.29, 1.82) is 0 Å². The lowest BCUT2D eigenvalue weighted by Crippen LogP contribution is -2.22. The van der Waals surface area contributed by atoms with Crippen LogP contribution >= 0.6 is 0 Å². The van der Waals surface area contributed by atoms with E-state index < -0.39 is 0 Å². The molecule has 0 fully saturated rings. The molecule has 0 spiro atoms. The summed E-state index contributed by atoms with van der Waals surface area (Å²) in [6.07, 6.45) is 1.34. The Balaban J connectivity index is 1.75. The first-order valence-electron chi connectivity index (χ1n) is 7.48. The summed E-state index contributed by atoms with van der Waals surface area (Å²) in [7, 11) is 0. The standard InChI is InChI=1S/C18H18N2O2/c1-2-5-17(21)19-14-8-10-15(11-9-14)20-12-13-6-3-4-7-16(13)18(20)22/h3-4,6-11H,2,5,12H2,1H3,(H,19,21). The van der Waals surface area contributed by atoms with Crippen LogP contribution in [0.1, 0.15) is 35.7 Å². The van der Waals surface area contributed by atoms with E-state index in [2.05, 4.69) is 5.32 Å². The van der Waals surface area contributed by atoms with E-state index in [4.69, 9.17) is 0 Å². The van der Waals surface area contributed by atoms with Crippen LogP contribution in [-0.2, 0) is 11.3 Å². The summed E-state index contributed by atoms with van der Waals surface area (Å²) in [6.45, 7) is 2.57. The van der Waals surface area contributed by atoms with Crippen LogP contribution in [0.5, 0.6) is 0 Å². The Morgan fingerprint density at radius 3 is 2.55 bits per heavy atom. The van der Waals surface area contributed by atoms with Crippen molar-refractivity contribution in [3.8, 4) is 0 Å². The third-order valence-corrected chi connectivity index (χ3v) is 3.76. The molecule has 22 heavy (non-hydrogen) atoms. The van der Waals surface area contributed by atoms with E-state index in [9.17, 15) is 9.59 Å². The average Bonchev–Trinajstić information content (AvgIpc) is 2.86. The van der Waals surface area contributed by atoms with Crippen LogP contribution < -0.4 is 10.2 Å². The smallest absolute Gasteiger partial charge is 0.258 e. The number of carbonyl (C=O) groups excluding carboxylic acids is 2. The van der Waals surface area contributed by atoms with Crippen LogP contribution in [0, 0.1) is 0 Å². The van der Waals surface area contributed by atoms with Crippen LogP contribution in [0.3, 0.4) is 0 Å². The molecule has 1 N–H and O–H groups in total. The molecule has 0 saturated heterocycles. The van der Waals surface area contributed by atoms with Gasteiger partial charge in [-0.1, -0.05) is 25.1 Å². The van der Waals surface area contributed by atoms with E-state index in [0.29, 0.717) is 13.0 Å². The van der Waals surface area contributed by atoms with Crippen molar-refractivity contribution in [1.82, 2.24) is 0 Å². The monoisotopic (exact) mass is 294 g/mol. The predicted octanol–water partition coefficient (Wildman–Crippen LogP) is 3.59. The Morgan fingerprint density at radius 2 is 1.86 bits per heavy atom. The minimum Gasteiger partial charge on any atom is -0.326 e. The number of hydrogen-bond donors (Lipinski definition) is 1. The highest BCUT2D eigenvalue weighted by Crippen LogP contribution is 2.28. The van der Waals surface area contributed by atoms with Gasteiger partial charge < -0.3 is 10.2 Å². The van der Waals surface area contributed by atoms with Gasteiger partial charge in [0.15, 0.2) is 0 Å². The van der Waals surface area contributed by atoms with Crippen LogP contribution in [-0.4, -0.2) is 11.8 Å². The van der Waals surface area contributed by atoms with E-state index in [0.717, 1.165) is 28.9 Å². The second-order valence-corrected chi connectivity index (χ2v) is 5.39. The maximum Gasteiger partial charge on any atom is 0.258 e. The van der Waals surface area contributed by atoms with E-state index in [1.165, 1.54) is 0 Å². The Bertz CT molecular complexity index is 707. The molecule has 0 radical (unpaired) electrons. The molecule has 0 unspecified atom stereocenters. The predicted molar refractivity (Wildman–Crippen MR) is 86.9 cm³/mol. The second kappa shape index (κ2) is 6.02. The highest BCUT2D eigenvalue weighted by Gasteiger charge is 2.27. The van der Waals surface area contributed by atoms with Crippen molar-refractivity contribution >= 4 is 23.2 Å². The molecule has 1 aliphatic heterocycles. The fourth-order valence-electron chi connectivity index (χ4n) is 2.64. The maximum atomic E-state index is 12.4. The van der Waals surface area contributed by atoms with Crippen LogP contribution in [0.2, 0.25) is 0 Å². The van der Waals surface area contributed by atoms with Gasteiger partial charge in [0.05, 0.1) is 6.54 Å². The minimum atomic E-state index is 0.0138. The van der Waals surface area contributed by atoms with E-state index >= 15 is 0 Å². The van der Waals surface area contributed by atoms with Gasteiger partial charge in [0.25, 0.3) is 5.91 Å². The Morgan fingerprint density at radius 1 is 1.14 bits per heavy atom. The molecule has 2 amide bonds. The van der Waals surface area contributed by atoms with Gasteiger partial charge in [0.2, 0.25) is 5.91 Å². The Kier molecular flexibility index (Phi) is 3.92. The molecule has 3 rings (SSSR count). The number of hydrogen-bond acceptors (Lipinski definition) is 2. The van der Waals surface area contributed by atoms with Crippen LogP contribution in [0.25, 0.3) is 0 Å². The molecule has 112 valence electrons. The minimum absolute atomic E-state index is 0.0138. The summed E-state index contributed by atoms with van der Waals surface area (Å²) < 4.78 is 0. The summed E-state index contributed by atoms with van der Waals surface area (Å²) in [5.74, 6) is 0.0401. The number of carbonyl (C=O) groups is 2. The number of amides is 2. The Labute approximate surface area is 129 Å². The van der Waals surface area contributed by atoms with E-state index in [-0.39, 0.29) is 11.8 Å². The average molecular weight is 294 g/mol. The first kappa shape index (κ1) is 14.3. The molecular formula is C18H18N2O2. The summed E-state index contributed by atoms with van der Waals surface area (Å²) in [4.78, 5) is 25.7. The van der Waals surface area contributed by atoms with Crippen molar-refractivity contribution in [3.05, 3.63) is 59.7 Å². The highest BCUT2D eigenvalue weighted by atomic mass is 16.2. The topological polar surface area (TPSA) is 49.4 Å². The molecule has 0 saturated carbocycles. The van der Waals surface area contributed by atoms with Gasteiger partial charge >= 0.3 is 0 Å². The molecule has 0 aliphatic carbocycles. The third-order valence-electron chi connectivity index (χ3n) is 3.76. The fraction of sp³-hybridized carbons (Fsp3) is 0.222. The zero-order chi connectivity index (χ0) is 15.5. The van der Waals surface area contributed by atoms with Crippen molar-refractivity contribution in [2.24, 2.45) is 0 Å². The quantitative estimate of drug-likeness (QED) is 0.937. The summed E-state index contributed by atoms with van der Waals surface area (Å²) in [5.41, 5.74) is 3.41. The van der Waals surface area contributed by atoms with Gasteiger partial charge in [0, 0.05) is 23.4 Å². The van der Waals surface area contributed by atoms with Crippen LogP contribution in [0.4, 0.5) is 11.4 Å². The zero-order valence-electron chi connectivity index (χ0n) is 12.5. The first-order chi connectivity index (χ1) is 10.7. The number of fused-ring (bicyclic) bond motifs is 1. The van der Waals surface area contributed by atoms with Gasteiger partial charge in [-0.3, -0.25) is 9.59 Å². The maximum absolute atomic E-state index is 12.4. The van der Waals surface area contributed by atoms with Crippen molar-refractivity contribution < 1.29 is 9.59 Å². The highest BCUT2D eigenvalue weighted by molar-refractivity contribution is 6.10. The van der Waals surface area contributed by atoms with Crippen molar-refractivity contribution in [3.63, 3.8) is 0 Å². The molecule has 4 heteroatoms. The van der Waals surface area contributed by atoms with Crippen molar-refractivity contribution in [2.45, 2.75) is 26.3 Å². The number of benzene rings is 2. The SMILES string of the molecule is CCCC(=O)Nc1ccc(N2Cc3ccccc3C2=O)cc1. The van der Waals surface area contributed by atoms with E-state index in [1.54, 1.807) is 4.90 Å². The van der Waals surface area contributed by atoms with Crippen LogP contribution in [0.15, 0.2) is 48.5 Å². The molecule has 1 aliphatic rings. The number of nitrogens with zero attached hydrogens (tertiary/aromatic N) is 1. The molecular weight excluding hydrogens is 276 g/mol. The molecule has 2 aromatic carbocycles. The first-order valence-corrected chi connectivity index (χ1v) is 7.48. The third kappa shape index (κ3) is 2.72. The summed E-state index contributed by atoms with van der Waals surface area (Å²) >= 11 is 0. The molecule has 0 aromatic heterocycles. The van der Waals surface area contributed by atoms with Gasteiger partial charge in [-0.25, -0.2) is 0 Å². The second-order valence-electron chi connectivity index (χ2n) is 5.39. The lowest BCUT2D eigenvalue weighted by atomic mass is 10.1. The summed E-state index contributed by atoms with van der Waals surface area (Å²) in [6, 6.07) is 15.1. The lowest BCUT2D eigenvalue weighted by molar-refractivity contribution is -0.116. The normalized spacial score (nSPS) is 13.1. The Hall–Kier alpha value is -2.62.